The lowest BCUT2D eigenvalue weighted by Gasteiger charge is -2.21. The average molecular weight is 329 g/mol. The Kier molecular flexibility index (Phi) is 4.55. The Morgan fingerprint density at radius 2 is 2.12 bits per heavy atom. The van der Waals surface area contributed by atoms with E-state index < -0.39 is 0 Å². The summed E-state index contributed by atoms with van der Waals surface area (Å²) in [6.07, 6.45) is 0.435. The number of nitrogens with zero attached hydrogens (tertiary/aromatic N) is 3. The molecule has 1 aromatic carbocycles. The highest BCUT2D eigenvalue weighted by atomic mass is 16.5. The highest BCUT2D eigenvalue weighted by molar-refractivity contribution is 5.82. The molecule has 1 aliphatic rings. The van der Waals surface area contributed by atoms with Gasteiger partial charge in [0, 0.05) is 24.9 Å². The molecule has 1 atom stereocenters. The Balaban J connectivity index is 1.98. The minimum Gasteiger partial charge on any atom is -0.465 e. The van der Waals surface area contributed by atoms with Crippen molar-refractivity contribution in [3.8, 4) is 0 Å². The van der Waals surface area contributed by atoms with E-state index in [4.69, 9.17) is 9.72 Å². The maximum absolute atomic E-state index is 12.2. The maximum Gasteiger partial charge on any atom is 0.326 e. The first-order valence-electron chi connectivity index (χ1n) is 8.41. The van der Waals surface area contributed by atoms with Crippen LogP contribution in [0.15, 0.2) is 24.3 Å². The predicted molar refractivity (Wildman–Crippen MR) is 90.6 cm³/mol. The Hall–Kier alpha value is -2.37. The number of fused-ring (bicyclic) bond motifs is 1. The number of amides is 1. The number of para-hydroxylation sites is 2. The fourth-order valence-corrected chi connectivity index (χ4v) is 3.31. The number of benzene rings is 1. The average Bonchev–Trinajstić information content (AvgIpc) is 3.09. The van der Waals surface area contributed by atoms with Crippen molar-refractivity contribution in [3.05, 3.63) is 30.1 Å². The van der Waals surface area contributed by atoms with E-state index in [1.807, 2.05) is 47.6 Å². The summed E-state index contributed by atoms with van der Waals surface area (Å²) in [5, 5.41) is 0. The molecular formula is C18H23N3O3. The number of carbonyl (C=O) groups excluding carboxylic acids is 2. The number of imidazole rings is 1. The normalized spacial score (nSPS) is 17.9. The lowest BCUT2D eigenvalue weighted by atomic mass is 10.1. The molecule has 1 saturated heterocycles. The highest BCUT2D eigenvalue weighted by Gasteiger charge is 2.35. The van der Waals surface area contributed by atoms with E-state index in [1.165, 1.54) is 0 Å². The van der Waals surface area contributed by atoms with E-state index in [2.05, 4.69) is 0 Å². The summed E-state index contributed by atoms with van der Waals surface area (Å²) in [4.78, 5) is 30.8. The molecular weight excluding hydrogens is 306 g/mol. The van der Waals surface area contributed by atoms with Gasteiger partial charge in [-0.2, -0.15) is 0 Å². The molecule has 0 unspecified atom stereocenters. The van der Waals surface area contributed by atoms with Crippen LogP contribution in [0.2, 0.25) is 0 Å². The number of carbonyl (C=O) groups is 2. The minimum absolute atomic E-state index is 0.00160. The van der Waals surface area contributed by atoms with Crippen LogP contribution in [0.25, 0.3) is 11.0 Å². The molecule has 0 spiro atoms. The predicted octanol–water partition coefficient (Wildman–Crippen LogP) is 2.32. The Morgan fingerprint density at radius 1 is 1.38 bits per heavy atom. The summed E-state index contributed by atoms with van der Waals surface area (Å²) in [6, 6.07) is 7.90. The molecule has 0 N–H and O–H groups in total. The highest BCUT2D eigenvalue weighted by Crippen LogP contribution is 2.31. The number of esters is 1. The molecule has 2 heterocycles. The largest absolute Gasteiger partial charge is 0.465 e. The summed E-state index contributed by atoms with van der Waals surface area (Å²) in [7, 11) is 0. The third kappa shape index (κ3) is 3.00. The van der Waals surface area contributed by atoms with Crippen LogP contribution in [0.3, 0.4) is 0 Å². The summed E-state index contributed by atoms with van der Waals surface area (Å²) >= 11 is 0. The van der Waals surface area contributed by atoms with Gasteiger partial charge in [-0.05, 0) is 32.9 Å². The van der Waals surface area contributed by atoms with Crippen LogP contribution in [-0.2, 0) is 20.9 Å². The topological polar surface area (TPSA) is 64.4 Å². The van der Waals surface area contributed by atoms with Crippen molar-refractivity contribution >= 4 is 22.9 Å². The zero-order valence-electron chi connectivity index (χ0n) is 14.4. The Morgan fingerprint density at radius 3 is 2.79 bits per heavy atom. The summed E-state index contributed by atoms with van der Waals surface area (Å²) in [5.74, 6) is 0.652. The Labute approximate surface area is 141 Å². The number of ether oxygens (including phenoxy) is 1. The van der Waals surface area contributed by atoms with Crippen molar-refractivity contribution < 1.29 is 14.3 Å². The van der Waals surface area contributed by atoms with Crippen molar-refractivity contribution in [2.45, 2.75) is 45.7 Å². The molecule has 6 heteroatoms. The minimum atomic E-state index is -0.285. The van der Waals surface area contributed by atoms with E-state index >= 15 is 0 Å². The molecule has 1 aliphatic heterocycles. The molecule has 0 radical (unpaired) electrons. The van der Waals surface area contributed by atoms with Crippen LogP contribution in [-0.4, -0.2) is 45.5 Å². The fourth-order valence-electron chi connectivity index (χ4n) is 3.31. The lowest BCUT2D eigenvalue weighted by Crippen LogP contribution is -2.32. The van der Waals surface area contributed by atoms with Gasteiger partial charge >= 0.3 is 5.97 Å². The summed E-state index contributed by atoms with van der Waals surface area (Å²) < 4.78 is 7.00. The number of hydrogen-bond acceptors (Lipinski definition) is 4. The second-order valence-electron chi connectivity index (χ2n) is 6.39. The van der Waals surface area contributed by atoms with Gasteiger partial charge in [-0.3, -0.25) is 9.59 Å². The molecule has 0 bridgehead atoms. The van der Waals surface area contributed by atoms with Gasteiger partial charge in [-0.15, -0.1) is 0 Å². The van der Waals surface area contributed by atoms with Gasteiger partial charge in [0.25, 0.3) is 0 Å². The summed E-state index contributed by atoms with van der Waals surface area (Å²) in [5.41, 5.74) is 1.74. The van der Waals surface area contributed by atoms with Crippen molar-refractivity contribution in [1.82, 2.24) is 14.5 Å². The first kappa shape index (κ1) is 16.5. The molecule has 2 aromatic rings. The van der Waals surface area contributed by atoms with Crippen LogP contribution < -0.4 is 0 Å². The van der Waals surface area contributed by atoms with Gasteiger partial charge < -0.3 is 14.2 Å². The third-order valence-electron chi connectivity index (χ3n) is 4.42. The molecule has 24 heavy (non-hydrogen) atoms. The lowest BCUT2D eigenvalue weighted by molar-refractivity contribution is -0.143. The van der Waals surface area contributed by atoms with Gasteiger partial charge in [-0.1, -0.05) is 12.1 Å². The van der Waals surface area contributed by atoms with E-state index in [9.17, 15) is 9.59 Å². The van der Waals surface area contributed by atoms with Gasteiger partial charge in [0.1, 0.15) is 12.4 Å². The molecule has 1 amide bonds. The first-order chi connectivity index (χ1) is 11.5. The molecule has 1 fully saturated rings. The Bertz CT molecular complexity index is 766. The molecule has 0 saturated carbocycles. The molecule has 128 valence electrons. The van der Waals surface area contributed by atoms with Crippen LogP contribution in [0.5, 0.6) is 0 Å². The maximum atomic E-state index is 12.2. The first-order valence-corrected chi connectivity index (χ1v) is 8.41. The molecule has 3 rings (SSSR count). The van der Waals surface area contributed by atoms with Gasteiger partial charge in [0.2, 0.25) is 5.91 Å². The van der Waals surface area contributed by atoms with Gasteiger partial charge in [-0.25, -0.2) is 4.98 Å². The van der Waals surface area contributed by atoms with E-state index in [0.29, 0.717) is 19.6 Å². The van der Waals surface area contributed by atoms with Crippen molar-refractivity contribution in [2.24, 2.45) is 0 Å². The van der Waals surface area contributed by atoms with E-state index in [-0.39, 0.29) is 30.4 Å². The second kappa shape index (κ2) is 6.63. The van der Waals surface area contributed by atoms with E-state index in [1.54, 1.807) is 6.92 Å². The SMILES string of the molecule is CCOC(=O)Cn1c([C@@H]2CC(=O)N(C(C)C)C2)nc2ccccc21. The van der Waals surface area contributed by atoms with Gasteiger partial charge in [0.15, 0.2) is 0 Å². The standard InChI is InChI=1S/C18H23N3O3/c1-4-24-17(23)11-21-15-8-6-5-7-14(15)19-18(21)13-9-16(22)20(10-13)12(2)3/h5-8,12-13H,4,9-11H2,1-3H3/t13-/m1/s1. The number of hydrogen-bond donors (Lipinski definition) is 0. The smallest absolute Gasteiger partial charge is 0.326 e. The van der Waals surface area contributed by atoms with Crippen molar-refractivity contribution in [1.29, 1.82) is 0 Å². The number of likely N-dealkylation sites (tertiary alicyclic amines) is 1. The zero-order chi connectivity index (χ0) is 17.3. The third-order valence-corrected chi connectivity index (χ3v) is 4.42. The number of aromatic nitrogens is 2. The monoisotopic (exact) mass is 329 g/mol. The molecule has 1 aromatic heterocycles. The van der Waals surface area contributed by atoms with Crippen molar-refractivity contribution in [3.63, 3.8) is 0 Å². The van der Waals surface area contributed by atoms with E-state index in [0.717, 1.165) is 16.9 Å². The summed E-state index contributed by atoms with van der Waals surface area (Å²) in [6.45, 7) is 6.94. The number of rotatable bonds is 5. The van der Waals surface area contributed by atoms with Crippen LogP contribution >= 0.6 is 0 Å². The van der Waals surface area contributed by atoms with Crippen LogP contribution in [0.4, 0.5) is 0 Å². The molecule has 6 nitrogen and oxygen atoms in total. The van der Waals surface area contributed by atoms with Crippen LogP contribution in [0, 0.1) is 0 Å². The van der Waals surface area contributed by atoms with Crippen LogP contribution in [0.1, 0.15) is 38.9 Å². The molecule has 0 aliphatic carbocycles. The van der Waals surface area contributed by atoms with Gasteiger partial charge in [0.05, 0.1) is 17.6 Å². The van der Waals surface area contributed by atoms with Crippen molar-refractivity contribution in [2.75, 3.05) is 13.2 Å². The zero-order valence-corrected chi connectivity index (χ0v) is 14.4. The fraction of sp³-hybridized carbons (Fsp3) is 0.500. The quantitative estimate of drug-likeness (QED) is 0.790. The second-order valence-corrected chi connectivity index (χ2v) is 6.39.